The summed E-state index contributed by atoms with van der Waals surface area (Å²) in [7, 11) is 1.66. The lowest BCUT2D eigenvalue weighted by atomic mass is 10.2. The largest absolute Gasteiger partial charge is 0.495 e. The second-order valence-corrected chi connectivity index (χ2v) is 7.21. The number of methoxy groups -OCH3 is 1. The van der Waals surface area contributed by atoms with Crippen molar-refractivity contribution in [2.45, 2.75) is 20.8 Å². The van der Waals surface area contributed by atoms with E-state index < -0.39 is 0 Å². The lowest BCUT2D eigenvalue weighted by Gasteiger charge is -2.12. The Kier molecular flexibility index (Phi) is 4.69. The van der Waals surface area contributed by atoms with Crippen molar-refractivity contribution in [1.29, 1.82) is 0 Å². The number of halogens is 1. The monoisotopic (exact) mass is 392 g/mol. The molecule has 0 aliphatic carbocycles. The second kappa shape index (κ2) is 7.17. The maximum atomic E-state index is 6.22. The lowest BCUT2D eigenvalue weighted by Crippen LogP contribution is -2.00. The number of nitrogens with one attached hydrogen (secondary N) is 1. The first-order chi connectivity index (χ1) is 13.5. The second-order valence-electron chi connectivity index (χ2n) is 6.78. The van der Waals surface area contributed by atoms with E-state index in [0.29, 0.717) is 5.02 Å². The molecule has 4 aromatic rings. The summed E-state index contributed by atoms with van der Waals surface area (Å²) >= 11 is 6.22. The Morgan fingerprint density at radius 1 is 1.04 bits per heavy atom. The first-order valence-electron chi connectivity index (χ1n) is 9.00. The van der Waals surface area contributed by atoms with Crippen LogP contribution in [0.5, 0.6) is 5.75 Å². The normalized spacial score (nSPS) is 11.0. The molecule has 142 valence electrons. The lowest BCUT2D eigenvalue weighted by molar-refractivity contribution is 0.416. The minimum Gasteiger partial charge on any atom is -0.495 e. The van der Waals surface area contributed by atoms with E-state index in [2.05, 4.69) is 33.7 Å². The average Bonchev–Trinajstić information content (AvgIpc) is 2.93. The zero-order valence-electron chi connectivity index (χ0n) is 16.2. The zero-order valence-corrected chi connectivity index (χ0v) is 17.0. The number of hydrogen-bond donors (Lipinski definition) is 1. The zero-order chi connectivity index (χ0) is 19.8. The Morgan fingerprint density at radius 3 is 2.61 bits per heavy atom. The highest BCUT2D eigenvalue weighted by molar-refractivity contribution is 6.30. The molecular formula is C22H21ClN4O. The maximum Gasteiger partial charge on any atom is 0.150 e. The van der Waals surface area contributed by atoms with Crippen molar-refractivity contribution in [1.82, 2.24) is 14.5 Å². The molecule has 2 heterocycles. The van der Waals surface area contributed by atoms with Crippen LogP contribution in [0.3, 0.4) is 0 Å². The predicted octanol–water partition coefficient (Wildman–Crippen LogP) is 5.75. The molecule has 0 aliphatic heterocycles. The van der Waals surface area contributed by atoms with E-state index in [9.17, 15) is 0 Å². The summed E-state index contributed by atoms with van der Waals surface area (Å²) in [6.45, 7) is 6.21. The number of aromatic nitrogens is 3. The maximum absolute atomic E-state index is 6.22. The van der Waals surface area contributed by atoms with Crippen molar-refractivity contribution in [3.05, 3.63) is 70.6 Å². The van der Waals surface area contributed by atoms with Crippen molar-refractivity contribution in [3.63, 3.8) is 0 Å². The number of anilines is 2. The fourth-order valence-electron chi connectivity index (χ4n) is 3.47. The molecule has 2 aromatic carbocycles. The summed E-state index contributed by atoms with van der Waals surface area (Å²) in [6, 6.07) is 13.8. The summed E-state index contributed by atoms with van der Waals surface area (Å²) in [5.74, 6) is 1.51. The third kappa shape index (κ3) is 3.08. The average molecular weight is 393 g/mol. The van der Waals surface area contributed by atoms with Gasteiger partial charge in [-0.2, -0.15) is 0 Å². The number of rotatable bonds is 4. The van der Waals surface area contributed by atoms with Gasteiger partial charge in [0, 0.05) is 16.4 Å². The van der Waals surface area contributed by atoms with Gasteiger partial charge in [0.15, 0.2) is 5.65 Å². The van der Waals surface area contributed by atoms with Crippen LogP contribution in [-0.4, -0.2) is 21.6 Å². The third-order valence-corrected chi connectivity index (χ3v) is 5.20. The van der Waals surface area contributed by atoms with Crippen LogP contribution < -0.4 is 10.1 Å². The molecule has 0 saturated heterocycles. The van der Waals surface area contributed by atoms with Gasteiger partial charge in [0.1, 0.15) is 17.9 Å². The van der Waals surface area contributed by atoms with Crippen LogP contribution in [0.4, 0.5) is 11.5 Å². The Hall–Kier alpha value is -3.05. The van der Waals surface area contributed by atoms with Crippen LogP contribution in [0.1, 0.15) is 16.8 Å². The minimum absolute atomic E-state index is 0.688. The molecule has 0 unspecified atom stereocenters. The fraction of sp³-hybridized carbons (Fsp3) is 0.182. The molecule has 0 radical (unpaired) electrons. The minimum atomic E-state index is 0.688. The molecule has 2 aromatic heterocycles. The van der Waals surface area contributed by atoms with E-state index in [4.69, 9.17) is 16.3 Å². The molecule has 0 spiro atoms. The number of ether oxygens (including phenoxy) is 1. The fourth-order valence-corrected chi connectivity index (χ4v) is 3.66. The number of aryl methyl sites for hydroxylation is 2. The van der Waals surface area contributed by atoms with Gasteiger partial charge in [-0.15, -0.1) is 0 Å². The topological polar surface area (TPSA) is 52.0 Å². The molecule has 5 nitrogen and oxygen atoms in total. The van der Waals surface area contributed by atoms with Gasteiger partial charge in [-0.3, -0.25) is 4.57 Å². The number of hydrogen-bond acceptors (Lipinski definition) is 4. The smallest absolute Gasteiger partial charge is 0.150 e. The van der Waals surface area contributed by atoms with E-state index in [1.165, 1.54) is 0 Å². The number of benzene rings is 2. The highest BCUT2D eigenvalue weighted by Gasteiger charge is 2.18. The first kappa shape index (κ1) is 18.3. The summed E-state index contributed by atoms with van der Waals surface area (Å²) < 4.78 is 7.61. The molecule has 4 rings (SSSR count). The highest BCUT2D eigenvalue weighted by Crippen LogP contribution is 2.35. The highest BCUT2D eigenvalue weighted by atomic mass is 35.5. The summed E-state index contributed by atoms with van der Waals surface area (Å²) in [5, 5.41) is 5.10. The van der Waals surface area contributed by atoms with Crippen molar-refractivity contribution < 1.29 is 4.74 Å². The van der Waals surface area contributed by atoms with Crippen molar-refractivity contribution in [3.8, 4) is 11.4 Å². The predicted molar refractivity (Wildman–Crippen MR) is 114 cm³/mol. The molecule has 0 aliphatic rings. The SMILES string of the molecule is COc1ccc(C)cc1Nc1ncnc2c1c(C)c(C)n2-c1cccc(Cl)c1. The molecule has 0 amide bonds. The Labute approximate surface area is 169 Å². The number of nitrogens with zero attached hydrogens (tertiary/aromatic N) is 3. The standard InChI is InChI=1S/C22H21ClN4O/c1-13-8-9-19(28-4)18(10-13)26-21-20-14(2)15(3)27(22(20)25-12-24-21)17-7-5-6-16(23)11-17/h5-12H,1-4H3,(H,24,25,26). The van der Waals surface area contributed by atoms with E-state index in [-0.39, 0.29) is 0 Å². The third-order valence-electron chi connectivity index (χ3n) is 4.97. The van der Waals surface area contributed by atoms with Gasteiger partial charge in [0.05, 0.1) is 18.2 Å². The van der Waals surface area contributed by atoms with E-state index in [1.807, 2.05) is 49.4 Å². The molecule has 0 saturated carbocycles. The summed E-state index contributed by atoms with van der Waals surface area (Å²) in [5.41, 5.74) is 6.03. The van der Waals surface area contributed by atoms with E-state index in [1.54, 1.807) is 13.4 Å². The quantitative estimate of drug-likeness (QED) is 0.480. The van der Waals surface area contributed by atoms with Crippen LogP contribution in [0.2, 0.25) is 5.02 Å². The Morgan fingerprint density at radius 2 is 1.86 bits per heavy atom. The number of fused-ring (bicyclic) bond motifs is 1. The van der Waals surface area contributed by atoms with Gasteiger partial charge >= 0.3 is 0 Å². The van der Waals surface area contributed by atoms with Crippen LogP contribution >= 0.6 is 11.6 Å². The molecule has 0 fully saturated rings. The van der Waals surface area contributed by atoms with Crippen LogP contribution in [0, 0.1) is 20.8 Å². The molecule has 1 N–H and O–H groups in total. The Balaban J connectivity index is 1.91. The molecule has 6 heteroatoms. The molecule has 28 heavy (non-hydrogen) atoms. The van der Waals surface area contributed by atoms with Crippen molar-refractivity contribution >= 4 is 34.1 Å². The van der Waals surface area contributed by atoms with Crippen molar-refractivity contribution in [2.24, 2.45) is 0 Å². The summed E-state index contributed by atoms with van der Waals surface area (Å²) in [4.78, 5) is 9.09. The molecule has 0 atom stereocenters. The first-order valence-corrected chi connectivity index (χ1v) is 9.37. The van der Waals surface area contributed by atoms with Crippen LogP contribution in [0.15, 0.2) is 48.8 Å². The van der Waals surface area contributed by atoms with E-state index >= 15 is 0 Å². The van der Waals surface area contributed by atoms with Gasteiger partial charge in [-0.25, -0.2) is 9.97 Å². The van der Waals surface area contributed by atoms with Crippen LogP contribution in [-0.2, 0) is 0 Å². The van der Waals surface area contributed by atoms with Gasteiger partial charge in [-0.1, -0.05) is 23.7 Å². The molecular weight excluding hydrogens is 372 g/mol. The van der Waals surface area contributed by atoms with Gasteiger partial charge in [-0.05, 0) is 62.2 Å². The van der Waals surface area contributed by atoms with Crippen LogP contribution in [0.25, 0.3) is 16.7 Å². The molecule has 0 bridgehead atoms. The van der Waals surface area contributed by atoms with Gasteiger partial charge in [0.25, 0.3) is 0 Å². The van der Waals surface area contributed by atoms with E-state index in [0.717, 1.165) is 50.8 Å². The Bertz CT molecular complexity index is 1180. The van der Waals surface area contributed by atoms with Gasteiger partial charge in [0.2, 0.25) is 0 Å². The summed E-state index contributed by atoms with van der Waals surface area (Å²) in [6.07, 6.45) is 1.58. The van der Waals surface area contributed by atoms with Gasteiger partial charge < -0.3 is 10.1 Å². The van der Waals surface area contributed by atoms with Crippen molar-refractivity contribution in [2.75, 3.05) is 12.4 Å².